The lowest BCUT2D eigenvalue weighted by molar-refractivity contribution is -0.385. The quantitative estimate of drug-likeness (QED) is 0.474. The summed E-state index contributed by atoms with van der Waals surface area (Å²) < 4.78 is 38.5. The second kappa shape index (κ2) is 6.29. The average molecular weight is 383 g/mol. The molecular weight excluding hydrogens is 375 g/mol. The molecule has 0 bridgehead atoms. The van der Waals surface area contributed by atoms with Crippen molar-refractivity contribution >= 4 is 34.6 Å². The van der Waals surface area contributed by atoms with E-state index in [2.05, 4.69) is 15.3 Å². The molecule has 2 aromatic rings. The lowest BCUT2D eigenvalue weighted by Crippen LogP contribution is -2.19. The molecule has 8 nitrogen and oxygen atoms in total. The fraction of sp³-hybridized carbons (Fsp3) is 0.0714. The second-order valence-electron chi connectivity index (χ2n) is 5.00. The molecule has 2 heterocycles. The molecule has 26 heavy (non-hydrogen) atoms. The second-order valence-corrected chi connectivity index (χ2v) is 6.05. The third-order valence-electron chi connectivity index (χ3n) is 3.28. The summed E-state index contributed by atoms with van der Waals surface area (Å²) in [5, 5.41) is 13.7. The van der Waals surface area contributed by atoms with Crippen molar-refractivity contribution < 1.29 is 22.9 Å². The molecule has 0 saturated carbocycles. The van der Waals surface area contributed by atoms with E-state index in [1.54, 1.807) is 0 Å². The largest absolute Gasteiger partial charge is 0.433 e. The van der Waals surface area contributed by atoms with Crippen molar-refractivity contribution in [2.24, 2.45) is 5.73 Å². The molecule has 1 aliphatic heterocycles. The highest BCUT2D eigenvalue weighted by Gasteiger charge is 2.34. The van der Waals surface area contributed by atoms with E-state index in [1.807, 2.05) is 0 Å². The number of hydrogen-bond donors (Lipinski definition) is 2. The number of nitrogens with two attached hydrogens (primary N) is 1. The van der Waals surface area contributed by atoms with Crippen LogP contribution in [0.5, 0.6) is 0 Å². The zero-order valence-corrected chi connectivity index (χ0v) is 13.4. The monoisotopic (exact) mass is 383 g/mol. The lowest BCUT2D eigenvalue weighted by atomic mass is 10.2. The highest BCUT2D eigenvalue weighted by atomic mass is 32.2. The molecule has 0 radical (unpaired) electrons. The summed E-state index contributed by atoms with van der Waals surface area (Å²) in [7, 11) is 0. The van der Waals surface area contributed by atoms with E-state index in [4.69, 9.17) is 5.73 Å². The first-order valence-corrected chi connectivity index (χ1v) is 7.66. The standard InChI is InChI=1S/C14H8F3N5O3S/c15-14(16,17)9-3-4-19-12(21-9)10(11(18)23)13-20-7-2-1-6(22(24)25)5-8(7)26-13/h1-5,20H,(H2,18,23). The van der Waals surface area contributed by atoms with Gasteiger partial charge in [-0.1, -0.05) is 11.8 Å². The fourth-order valence-electron chi connectivity index (χ4n) is 2.14. The van der Waals surface area contributed by atoms with Gasteiger partial charge in [0.15, 0.2) is 5.82 Å². The molecule has 1 aromatic heterocycles. The smallest absolute Gasteiger partial charge is 0.365 e. The number of nitrogens with zero attached hydrogens (tertiary/aromatic N) is 3. The minimum absolute atomic E-state index is 0.0901. The predicted molar refractivity (Wildman–Crippen MR) is 85.7 cm³/mol. The maximum absolute atomic E-state index is 12.8. The topological polar surface area (TPSA) is 124 Å². The Balaban J connectivity index is 2.07. The zero-order chi connectivity index (χ0) is 19.1. The Morgan fingerprint density at radius 3 is 2.65 bits per heavy atom. The number of anilines is 1. The number of amides is 1. The predicted octanol–water partition coefficient (Wildman–Crippen LogP) is 2.78. The molecule has 0 atom stereocenters. The molecule has 0 aliphatic carbocycles. The zero-order valence-electron chi connectivity index (χ0n) is 12.6. The van der Waals surface area contributed by atoms with Crippen molar-refractivity contribution in [3.05, 3.63) is 57.1 Å². The number of benzene rings is 1. The summed E-state index contributed by atoms with van der Waals surface area (Å²) in [5.74, 6) is -1.54. The summed E-state index contributed by atoms with van der Waals surface area (Å²) in [6.07, 6.45) is -3.85. The number of primary amides is 1. The van der Waals surface area contributed by atoms with Gasteiger partial charge >= 0.3 is 6.18 Å². The van der Waals surface area contributed by atoms with Crippen LogP contribution in [-0.2, 0) is 11.0 Å². The Hall–Kier alpha value is -3.15. The Morgan fingerprint density at radius 2 is 2.04 bits per heavy atom. The van der Waals surface area contributed by atoms with Gasteiger partial charge in [-0.3, -0.25) is 14.9 Å². The van der Waals surface area contributed by atoms with Gasteiger partial charge < -0.3 is 11.1 Å². The number of carbonyl (C=O) groups excluding carboxylic acids is 1. The number of nitro benzene ring substituents is 1. The number of alkyl halides is 3. The van der Waals surface area contributed by atoms with Crippen molar-refractivity contribution in [2.45, 2.75) is 11.1 Å². The average Bonchev–Trinajstić information content (AvgIpc) is 2.96. The molecule has 0 spiro atoms. The van der Waals surface area contributed by atoms with Crippen molar-refractivity contribution in [1.82, 2.24) is 9.97 Å². The van der Waals surface area contributed by atoms with Crippen LogP contribution in [0.3, 0.4) is 0 Å². The highest BCUT2D eigenvalue weighted by molar-refractivity contribution is 8.04. The van der Waals surface area contributed by atoms with Crippen LogP contribution in [0.15, 0.2) is 40.4 Å². The van der Waals surface area contributed by atoms with Crippen molar-refractivity contribution in [2.75, 3.05) is 5.32 Å². The van der Waals surface area contributed by atoms with E-state index < -0.39 is 28.5 Å². The van der Waals surface area contributed by atoms with Gasteiger partial charge in [-0.2, -0.15) is 13.2 Å². The Bertz CT molecular complexity index is 961. The van der Waals surface area contributed by atoms with E-state index in [-0.39, 0.29) is 16.3 Å². The molecule has 0 unspecified atom stereocenters. The minimum Gasteiger partial charge on any atom is -0.365 e. The number of aromatic nitrogens is 2. The van der Waals surface area contributed by atoms with E-state index >= 15 is 0 Å². The van der Waals surface area contributed by atoms with Crippen molar-refractivity contribution in [1.29, 1.82) is 0 Å². The van der Waals surface area contributed by atoms with Crippen LogP contribution in [0.4, 0.5) is 24.5 Å². The number of fused-ring (bicyclic) bond motifs is 1. The van der Waals surface area contributed by atoms with Gasteiger partial charge in [0, 0.05) is 23.2 Å². The summed E-state index contributed by atoms with van der Waals surface area (Å²) in [4.78, 5) is 29.5. The molecule has 1 aliphatic rings. The lowest BCUT2D eigenvalue weighted by Gasteiger charge is -2.09. The number of nitrogens with one attached hydrogen (secondary N) is 1. The molecule has 1 aromatic carbocycles. The van der Waals surface area contributed by atoms with Gasteiger partial charge in [-0.15, -0.1) is 0 Å². The van der Waals surface area contributed by atoms with Gasteiger partial charge in [-0.05, 0) is 12.1 Å². The van der Waals surface area contributed by atoms with E-state index in [0.29, 0.717) is 16.6 Å². The Kier molecular flexibility index (Phi) is 4.28. The summed E-state index contributed by atoms with van der Waals surface area (Å²) in [5.41, 5.74) is 4.00. The Morgan fingerprint density at radius 1 is 1.31 bits per heavy atom. The van der Waals surface area contributed by atoms with Gasteiger partial charge in [-0.25, -0.2) is 9.97 Å². The maximum Gasteiger partial charge on any atom is 0.433 e. The van der Waals surface area contributed by atoms with Gasteiger partial charge in [0.25, 0.3) is 11.6 Å². The van der Waals surface area contributed by atoms with Crippen LogP contribution >= 0.6 is 11.8 Å². The number of carbonyl (C=O) groups is 1. The highest BCUT2D eigenvalue weighted by Crippen LogP contribution is 2.45. The first-order chi connectivity index (χ1) is 12.2. The van der Waals surface area contributed by atoms with E-state index in [9.17, 15) is 28.1 Å². The van der Waals surface area contributed by atoms with E-state index in [1.165, 1.54) is 18.2 Å². The summed E-state index contributed by atoms with van der Waals surface area (Å²) in [6, 6.07) is 4.60. The number of thioether (sulfide) groups is 1. The van der Waals surface area contributed by atoms with Crippen LogP contribution < -0.4 is 11.1 Å². The molecule has 0 saturated heterocycles. The Labute approximate surface area is 147 Å². The normalized spacial score (nSPS) is 15.2. The SMILES string of the molecule is NC(=O)C(=C1Nc2ccc([N+](=O)[O-])cc2S1)c1nccc(C(F)(F)F)n1. The first kappa shape index (κ1) is 17.7. The van der Waals surface area contributed by atoms with Crippen LogP contribution in [0, 0.1) is 10.1 Å². The van der Waals surface area contributed by atoms with Crippen LogP contribution in [0.2, 0.25) is 0 Å². The number of hydrogen-bond acceptors (Lipinski definition) is 7. The van der Waals surface area contributed by atoms with Crippen LogP contribution in [-0.4, -0.2) is 20.8 Å². The van der Waals surface area contributed by atoms with Gasteiger partial charge in [0.2, 0.25) is 0 Å². The van der Waals surface area contributed by atoms with Crippen molar-refractivity contribution in [3.8, 4) is 0 Å². The summed E-state index contributed by atoms with van der Waals surface area (Å²) >= 11 is 0.914. The fourth-order valence-corrected chi connectivity index (χ4v) is 3.23. The number of rotatable bonds is 3. The molecule has 0 fully saturated rings. The number of halogens is 3. The molecule has 1 amide bonds. The number of nitro groups is 1. The molecule has 3 N–H and O–H groups in total. The van der Waals surface area contributed by atoms with E-state index in [0.717, 1.165) is 18.0 Å². The minimum atomic E-state index is -4.72. The molecule has 12 heteroatoms. The first-order valence-electron chi connectivity index (χ1n) is 6.85. The summed E-state index contributed by atoms with van der Waals surface area (Å²) in [6.45, 7) is 0. The van der Waals surface area contributed by atoms with Gasteiger partial charge in [0.1, 0.15) is 11.3 Å². The third kappa shape index (κ3) is 3.31. The van der Waals surface area contributed by atoms with Crippen LogP contribution in [0.1, 0.15) is 11.5 Å². The molecule has 134 valence electrons. The molecular formula is C14H8F3N5O3S. The number of non-ortho nitro benzene ring substituents is 1. The van der Waals surface area contributed by atoms with Crippen molar-refractivity contribution in [3.63, 3.8) is 0 Å². The van der Waals surface area contributed by atoms with Gasteiger partial charge in [0.05, 0.1) is 15.6 Å². The maximum atomic E-state index is 12.8. The molecule has 3 rings (SSSR count). The third-order valence-corrected chi connectivity index (χ3v) is 4.35. The van der Waals surface area contributed by atoms with Crippen LogP contribution in [0.25, 0.3) is 5.57 Å².